The SMILES string of the molecule is Cc1cc[n+](CCCCCCCCCCC(=O)O)c2ccccc12. The molecule has 0 atom stereocenters. The monoisotopic (exact) mass is 328 g/mol. The maximum absolute atomic E-state index is 10.4. The van der Waals surface area contributed by atoms with Gasteiger partial charge < -0.3 is 5.11 Å². The van der Waals surface area contributed by atoms with Crippen LogP contribution in [-0.2, 0) is 11.3 Å². The van der Waals surface area contributed by atoms with Crippen molar-refractivity contribution in [2.24, 2.45) is 0 Å². The van der Waals surface area contributed by atoms with E-state index in [1.54, 1.807) is 0 Å². The Kier molecular flexibility index (Phi) is 7.73. The summed E-state index contributed by atoms with van der Waals surface area (Å²) in [4.78, 5) is 10.4. The maximum atomic E-state index is 10.4. The van der Waals surface area contributed by atoms with E-state index in [9.17, 15) is 4.79 Å². The first-order valence-electron chi connectivity index (χ1n) is 9.28. The molecule has 2 rings (SSSR count). The molecule has 3 nitrogen and oxygen atoms in total. The molecule has 1 heterocycles. The van der Waals surface area contributed by atoms with Gasteiger partial charge in [-0.05, 0) is 31.4 Å². The molecule has 0 saturated carbocycles. The topological polar surface area (TPSA) is 41.2 Å². The second-order valence-electron chi connectivity index (χ2n) is 6.68. The number of hydrogen-bond acceptors (Lipinski definition) is 1. The molecule has 3 heteroatoms. The van der Waals surface area contributed by atoms with E-state index in [4.69, 9.17) is 5.11 Å². The zero-order valence-corrected chi connectivity index (χ0v) is 14.8. The van der Waals surface area contributed by atoms with Crippen LogP contribution in [0.2, 0.25) is 0 Å². The molecule has 1 aromatic heterocycles. The number of benzene rings is 1. The van der Waals surface area contributed by atoms with Crippen molar-refractivity contribution in [1.29, 1.82) is 0 Å². The van der Waals surface area contributed by atoms with Gasteiger partial charge in [-0.2, -0.15) is 4.57 Å². The molecule has 0 aliphatic heterocycles. The summed E-state index contributed by atoms with van der Waals surface area (Å²) in [5.41, 5.74) is 2.67. The number of aliphatic carboxylic acids is 1. The van der Waals surface area contributed by atoms with Gasteiger partial charge in [-0.3, -0.25) is 4.79 Å². The van der Waals surface area contributed by atoms with E-state index in [2.05, 4.69) is 48.0 Å². The van der Waals surface area contributed by atoms with Crippen molar-refractivity contribution >= 4 is 16.9 Å². The predicted octanol–water partition coefficient (Wildman–Crippen LogP) is 5.03. The van der Waals surface area contributed by atoms with Crippen molar-refractivity contribution in [3.05, 3.63) is 42.1 Å². The van der Waals surface area contributed by atoms with E-state index in [0.29, 0.717) is 6.42 Å². The average molecular weight is 328 g/mol. The predicted molar refractivity (Wildman–Crippen MR) is 98.1 cm³/mol. The van der Waals surface area contributed by atoms with E-state index in [1.807, 2.05) is 0 Å². The van der Waals surface area contributed by atoms with Crippen LogP contribution in [-0.4, -0.2) is 11.1 Å². The highest BCUT2D eigenvalue weighted by atomic mass is 16.4. The minimum absolute atomic E-state index is 0.321. The zero-order valence-electron chi connectivity index (χ0n) is 14.8. The van der Waals surface area contributed by atoms with Crippen LogP contribution >= 0.6 is 0 Å². The highest BCUT2D eigenvalue weighted by Crippen LogP contribution is 2.14. The van der Waals surface area contributed by atoms with Crippen molar-refractivity contribution in [3.63, 3.8) is 0 Å². The Labute approximate surface area is 145 Å². The van der Waals surface area contributed by atoms with Crippen LogP contribution in [0.5, 0.6) is 0 Å². The Morgan fingerprint density at radius 2 is 1.54 bits per heavy atom. The van der Waals surface area contributed by atoms with Gasteiger partial charge in [0.25, 0.3) is 0 Å². The fourth-order valence-corrected chi connectivity index (χ4v) is 3.24. The third-order valence-electron chi connectivity index (χ3n) is 4.68. The van der Waals surface area contributed by atoms with Gasteiger partial charge in [0.2, 0.25) is 5.52 Å². The summed E-state index contributed by atoms with van der Waals surface area (Å²) in [5, 5.41) is 9.93. The molecule has 0 saturated heterocycles. The Bertz CT molecular complexity index is 651. The summed E-state index contributed by atoms with van der Waals surface area (Å²) in [6.07, 6.45) is 11.9. The molecular formula is C21H30NO2+. The minimum atomic E-state index is -0.670. The number of nitrogens with zero attached hydrogens (tertiary/aromatic N) is 1. The van der Waals surface area contributed by atoms with Crippen LogP contribution in [0.15, 0.2) is 36.5 Å². The van der Waals surface area contributed by atoms with Crippen LogP contribution in [0.25, 0.3) is 10.9 Å². The maximum Gasteiger partial charge on any atom is 0.303 e. The van der Waals surface area contributed by atoms with Gasteiger partial charge in [0.05, 0.1) is 0 Å². The van der Waals surface area contributed by atoms with Gasteiger partial charge in [-0.25, -0.2) is 0 Å². The molecule has 0 unspecified atom stereocenters. The number of hydrogen-bond donors (Lipinski definition) is 1. The van der Waals surface area contributed by atoms with E-state index < -0.39 is 5.97 Å². The number of carbonyl (C=O) groups is 1. The highest BCUT2D eigenvalue weighted by molar-refractivity contribution is 5.78. The normalized spacial score (nSPS) is 11.0. The standard InChI is InChI=1S/C21H29NO2/c1-18-15-17-22(20-13-10-9-12-19(18)20)16-11-7-5-3-2-4-6-8-14-21(23)24/h9-10,12-13,15,17H,2-8,11,14,16H2,1H3/p+1. The van der Waals surface area contributed by atoms with Crippen LogP contribution in [0.4, 0.5) is 0 Å². The summed E-state index contributed by atoms with van der Waals surface area (Å²) in [6.45, 7) is 3.25. The summed E-state index contributed by atoms with van der Waals surface area (Å²) in [5.74, 6) is -0.670. The number of pyridine rings is 1. The second-order valence-corrected chi connectivity index (χ2v) is 6.68. The smallest absolute Gasteiger partial charge is 0.303 e. The lowest BCUT2D eigenvalue weighted by Crippen LogP contribution is -2.34. The highest BCUT2D eigenvalue weighted by Gasteiger charge is 2.09. The molecule has 0 aliphatic carbocycles. The van der Waals surface area contributed by atoms with Gasteiger partial charge in [0, 0.05) is 30.4 Å². The van der Waals surface area contributed by atoms with Gasteiger partial charge in [0.15, 0.2) is 6.20 Å². The van der Waals surface area contributed by atoms with Crippen LogP contribution in [0.3, 0.4) is 0 Å². The quantitative estimate of drug-likeness (QED) is 0.464. The first kappa shape index (κ1) is 18.4. The molecule has 0 radical (unpaired) electrons. The molecule has 0 aliphatic rings. The lowest BCUT2D eigenvalue weighted by Gasteiger charge is -2.04. The Hall–Kier alpha value is -1.90. The molecule has 0 bridgehead atoms. The van der Waals surface area contributed by atoms with Crippen molar-refractivity contribution in [2.45, 2.75) is 71.3 Å². The lowest BCUT2D eigenvalue weighted by atomic mass is 10.1. The molecule has 2 aromatic rings. The van der Waals surface area contributed by atoms with Crippen molar-refractivity contribution in [1.82, 2.24) is 0 Å². The van der Waals surface area contributed by atoms with Crippen molar-refractivity contribution in [2.75, 3.05) is 0 Å². The fraction of sp³-hybridized carbons (Fsp3) is 0.524. The van der Waals surface area contributed by atoms with Crippen LogP contribution in [0.1, 0.15) is 63.4 Å². The third kappa shape index (κ3) is 5.95. The number of aromatic nitrogens is 1. The van der Waals surface area contributed by atoms with Crippen molar-refractivity contribution < 1.29 is 14.5 Å². The molecule has 0 spiro atoms. The first-order chi connectivity index (χ1) is 11.7. The van der Waals surface area contributed by atoms with E-state index in [0.717, 1.165) is 19.4 Å². The third-order valence-corrected chi connectivity index (χ3v) is 4.68. The molecule has 130 valence electrons. The average Bonchev–Trinajstić information content (AvgIpc) is 2.58. The zero-order chi connectivity index (χ0) is 17.2. The Balaban J connectivity index is 1.62. The number of unbranched alkanes of at least 4 members (excludes halogenated alkanes) is 7. The molecule has 24 heavy (non-hydrogen) atoms. The molecule has 0 fully saturated rings. The summed E-state index contributed by atoms with van der Waals surface area (Å²) < 4.78 is 2.37. The molecule has 1 aromatic carbocycles. The molecule has 1 N–H and O–H groups in total. The van der Waals surface area contributed by atoms with Gasteiger partial charge in [-0.1, -0.05) is 44.2 Å². The van der Waals surface area contributed by atoms with E-state index in [1.165, 1.54) is 55.0 Å². The summed E-state index contributed by atoms with van der Waals surface area (Å²) in [7, 11) is 0. The van der Waals surface area contributed by atoms with Crippen LogP contribution in [0, 0.1) is 6.92 Å². The number of para-hydroxylation sites is 1. The number of carboxylic acids is 1. The van der Waals surface area contributed by atoms with Gasteiger partial charge in [-0.15, -0.1) is 0 Å². The lowest BCUT2D eigenvalue weighted by molar-refractivity contribution is -0.671. The second kappa shape index (κ2) is 10.1. The number of carboxylic acid groups (broad SMARTS) is 1. The Morgan fingerprint density at radius 1 is 0.917 bits per heavy atom. The first-order valence-corrected chi connectivity index (χ1v) is 9.28. The number of fused-ring (bicyclic) bond motifs is 1. The van der Waals surface area contributed by atoms with Crippen LogP contribution < -0.4 is 4.57 Å². The minimum Gasteiger partial charge on any atom is -0.481 e. The Morgan fingerprint density at radius 3 is 2.25 bits per heavy atom. The van der Waals surface area contributed by atoms with Gasteiger partial charge >= 0.3 is 5.97 Å². The summed E-state index contributed by atoms with van der Waals surface area (Å²) in [6, 6.07) is 10.8. The van der Waals surface area contributed by atoms with Gasteiger partial charge in [0.1, 0.15) is 6.54 Å². The van der Waals surface area contributed by atoms with E-state index >= 15 is 0 Å². The fourth-order valence-electron chi connectivity index (χ4n) is 3.24. The largest absolute Gasteiger partial charge is 0.481 e. The number of aryl methyl sites for hydroxylation is 2. The summed E-state index contributed by atoms with van der Waals surface area (Å²) >= 11 is 0. The molecular weight excluding hydrogens is 298 g/mol. The number of rotatable bonds is 11. The van der Waals surface area contributed by atoms with E-state index in [-0.39, 0.29) is 0 Å². The molecule has 0 amide bonds. The van der Waals surface area contributed by atoms with Crippen molar-refractivity contribution in [3.8, 4) is 0 Å².